The van der Waals surface area contributed by atoms with E-state index in [-0.39, 0.29) is 16.9 Å². The summed E-state index contributed by atoms with van der Waals surface area (Å²) in [6, 6.07) is 71.5. The smallest absolute Gasteiger partial charge is 0.335 e. The predicted molar refractivity (Wildman–Crippen MR) is 358 cm³/mol. The minimum atomic E-state index is -0.947. The van der Waals surface area contributed by atoms with Crippen molar-refractivity contribution in [1.82, 2.24) is 0 Å². The molecule has 92 heavy (non-hydrogen) atoms. The molecule has 1 heterocycles. The Morgan fingerprint density at radius 1 is 0.348 bits per heavy atom. The number of fused-ring (bicyclic) bond motifs is 4. The van der Waals surface area contributed by atoms with Gasteiger partial charge in [-0.15, -0.1) is 0 Å². The Balaban J connectivity index is 0.000000164. The monoisotopic (exact) mass is 1290 g/mol. The zero-order valence-corrected chi connectivity index (χ0v) is 50.6. The fourth-order valence-electron chi connectivity index (χ4n) is 9.16. The summed E-state index contributed by atoms with van der Waals surface area (Å²) >= 11 is 3.36. The quantitative estimate of drug-likeness (QED) is 0.0552. The van der Waals surface area contributed by atoms with Crippen LogP contribution in [-0.4, -0.2) is 70.6 Å². The third-order valence-corrected chi connectivity index (χ3v) is 14.4. The summed E-state index contributed by atoms with van der Waals surface area (Å²) in [6.07, 6.45) is 8.13. The molecule has 0 amide bonds. The van der Waals surface area contributed by atoms with Crippen molar-refractivity contribution in [2.24, 2.45) is 0 Å². The first-order valence-electron chi connectivity index (χ1n) is 28.6. The molecule has 12 aromatic rings. The summed E-state index contributed by atoms with van der Waals surface area (Å²) in [5.41, 5.74) is 4.06. The molecular weight excluding hydrogens is 1230 g/mol. The van der Waals surface area contributed by atoms with Gasteiger partial charge in [-0.05, 0) is 237 Å². The van der Waals surface area contributed by atoms with Gasteiger partial charge >= 0.3 is 17.9 Å². The molecule has 1 aliphatic rings. The van der Waals surface area contributed by atoms with E-state index in [1.807, 2.05) is 140 Å². The van der Waals surface area contributed by atoms with Crippen LogP contribution in [0.5, 0.6) is 46.0 Å². The summed E-state index contributed by atoms with van der Waals surface area (Å²) in [5, 5.41) is 43.1. The number of hydrogen-bond acceptors (Lipinski definition) is 12. The van der Waals surface area contributed by atoms with Gasteiger partial charge in [-0.1, -0.05) is 101 Å². The number of carbonyl (C=O) groups is 6. The van der Waals surface area contributed by atoms with Crippen LogP contribution in [0.2, 0.25) is 0 Å². The van der Waals surface area contributed by atoms with E-state index in [0.717, 1.165) is 90.2 Å². The number of phenols is 1. The standard InChI is InChI=1S/C36H24O6.C18H12O4.C11H7BrO2.C7H6O2.C4H8O/c37-23-40-33-16-9-29-22-35(18-11-28(29)20-33)42-32-14-5-25(6-15-32)2-1-24-3-12-31(13-4-24)41-34-17-10-26-19-30(36(38)39)8-7-27(26)21-34;19-11-12-1-6-16(7-2-12)22-17-8-5-13-9-15(18(20)21)4-3-14(13)10-17;12-10-4-3-7-5-9(11(13)14)2-1-8(7)6-10;8-5-6-1-3-7(9)4-2-6;1-2-4-5-3-1/h1-23H,(H,38,39);1-11H,(H,20,21);1-6H,(H,13,14);1-5,9H;1-4H2/b2-1+;;;;. The number of aromatic hydroxyl groups is 1. The number of halogens is 1. The third-order valence-electron chi connectivity index (χ3n) is 13.9. The maximum absolute atomic E-state index is 11.2. The van der Waals surface area contributed by atoms with Gasteiger partial charge in [0.1, 0.15) is 58.6 Å². The molecule has 0 spiro atoms. The lowest BCUT2D eigenvalue weighted by Crippen LogP contribution is -1.95. The summed E-state index contributed by atoms with van der Waals surface area (Å²) in [6.45, 7) is 2.42. The number of carboxylic acids is 3. The van der Waals surface area contributed by atoms with Gasteiger partial charge in [0, 0.05) is 28.8 Å². The summed E-state index contributed by atoms with van der Waals surface area (Å²) in [4.78, 5) is 64.1. The number of carbonyl (C=O) groups excluding carboxylic acids is 3. The topological polar surface area (TPSA) is 229 Å². The van der Waals surface area contributed by atoms with Gasteiger partial charge in [0.15, 0.2) is 0 Å². The van der Waals surface area contributed by atoms with Crippen molar-refractivity contribution in [1.29, 1.82) is 0 Å². The summed E-state index contributed by atoms with van der Waals surface area (Å²) in [5.74, 6) is 2.00. The van der Waals surface area contributed by atoms with Crippen molar-refractivity contribution in [3.8, 4) is 46.0 Å². The average molecular weight is 1290 g/mol. The highest BCUT2D eigenvalue weighted by Gasteiger charge is 2.09. The lowest BCUT2D eigenvalue weighted by atomic mass is 10.1. The second kappa shape index (κ2) is 32.0. The Kier molecular flexibility index (Phi) is 22.5. The van der Waals surface area contributed by atoms with Crippen LogP contribution in [0.1, 0.15) is 75.8 Å². The van der Waals surface area contributed by atoms with E-state index in [1.54, 1.807) is 103 Å². The highest BCUT2D eigenvalue weighted by Crippen LogP contribution is 2.31. The first-order valence-corrected chi connectivity index (χ1v) is 29.4. The molecule has 0 aromatic heterocycles. The number of phenolic OH excluding ortho intramolecular Hbond substituents is 1. The second-order valence-corrected chi connectivity index (χ2v) is 21.4. The van der Waals surface area contributed by atoms with Gasteiger partial charge in [-0.25, -0.2) is 14.4 Å². The van der Waals surface area contributed by atoms with Crippen LogP contribution in [0.3, 0.4) is 0 Å². The molecular formula is C76H57BrO15. The molecule has 0 unspecified atom stereocenters. The maximum atomic E-state index is 11.2. The van der Waals surface area contributed by atoms with Gasteiger partial charge in [0.05, 0.1) is 16.7 Å². The van der Waals surface area contributed by atoms with Gasteiger partial charge in [0.25, 0.3) is 6.47 Å². The number of benzene rings is 12. The zero-order chi connectivity index (χ0) is 64.8. The van der Waals surface area contributed by atoms with Crippen LogP contribution >= 0.6 is 15.9 Å². The van der Waals surface area contributed by atoms with Crippen LogP contribution in [0.15, 0.2) is 247 Å². The largest absolute Gasteiger partial charge is 0.508 e. The van der Waals surface area contributed by atoms with E-state index in [9.17, 15) is 33.9 Å². The number of rotatable bonds is 15. The van der Waals surface area contributed by atoms with Crippen molar-refractivity contribution in [3.05, 3.63) is 286 Å². The van der Waals surface area contributed by atoms with E-state index in [4.69, 9.17) is 39.0 Å². The molecule has 0 aliphatic carbocycles. The van der Waals surface area contributed by atoms with Gasteiger partial charge in [0.2, 0.25) is 0 Å². The molecule has 0 radical (unpaired) electrons. The lowest BCUT2D eigenvalue weighted by Gasteiger charge is -2.08. The second-order valence-electron chi connectivity index (χ2n) is 20.4. The SMILES string of the molecule is C1CCOC1.O=C(O)c1ccc2cc(Br)ccc2c1.O=COc1ccc2cc(Oc3ccc(/C=C/c4ccc(Oc5ccc6cc(C(=O)O)ccc6c5)cc4)cc3)ccc2c1.O=Cc1ccc(O)cc1.O=Cc1ccc(Oc2ccc3cc(C(=O)O)ccc3c2)cc1. The van der Waals surface area contributed by atoms with E-state index >= 15 is 0 Å². The molecule has 12 aromatic carbocycles. The van der Waals surface area contributed by atoms with Gasteiger partial charge in [-0.3, -0.25) is 14.4 Å². The van der Waals surface area contributed by atoms with Crippen molar-refractivity contribution in [3.63, 3.8) is 0 Å². The highest BCUT2D eigenvalue weighted by atomic mass is 79.9. The molecule has 16 heteroatoms. The molecule has 458 valence electrons. The minimum Gasteiger partial charge on any atom is -0.508 e. The summed E-state index contributed by atoms with van der Waals surface area (Å²) < 4.78 is 28.6. The number of aromatic carboxylic acids is 3. The van der Waals surface area contributed by atoms with E-state index < -0.39 is 17.9 Å². The maximum Gasteiger partial charge on any atom is 0.335 e. The Bertz CT molecular complexity index is 4590. The van der Waals surface area contributed by atoms with Crippen LogP contribution in [-0.2, 0) is 9.53 Å². The normalized spacial score (nSPS) is 11.3. The number of carboxylic acid groups (broad SMARTS) is 3. The first-order chi connectivity index (χ1) is 44.7. The fraction of sp³-hybridized carbons (Fsp3) is 0.0526. The highest BCUT2D eigenvalue weighted by molar-refractivity contribution is 9.10. The van der Waals surface area contributed by atoms with E-state index in [0.29, 0.717) is 57.7 Å². The Morgan fingerprint density at radius 3 is 0.978 bits per heavy atom. The molecule has 1 fully saturated rings. The molecule has 0 saturated carbocycles. The van der Waals surface area contributed by atoms with Crippen molar-refractivity contribution in [2.45, 2.75) is 12.8 Å². The molecule has 15 nitrogen and oxygen atoms in total. The molecule has 1 aliphatic heterocycles. The van der Waals surface area contributed by atoms with E-state index in [1.165, 1.54) is 25.0 Å². The number of hydrogen-bond donors (Lipinski definition) is 4. The summed E-state index contributed by atoms with van der Waals surface area (Å²) in [7, 11) is 0. The van der Waals surface area contributed by atoms with Crippen LogP contribution in [0.4, 0.5) is 0 Å². The van der Waals surface area contributed by atoms with Crippen molar-refractivity contribution in [2.75, 3.05) is 13.2 Å². The van der Waals surface area contributed by atoms with Crippen LogP contribution in [0, 0.1) is 0 Å². The average Bonchev–Trinajstić information content (AvgIpc) is 1.91. The molecule has 0 atom stereocenters. The van der Waals surface area contributed by atoms with Gasteiger partial charge < -0.3 is 44.1 Å². The Morgan fingerprint density at radius 2 is 0.641 bits per heavy atom. The molecule has 1 saturated heterocycles. The van der Waals surface area contributed by atoms with E-state index in [2.05, 4.69) is 15.9 Å². The van der Waals surface area contributed by atoms with Crippen molar-refractivity contribution >= 4 is 108 Å². The number of ether oxygens (including phenoxy) is 5. The fourth-order valence-corrected chi connectivity index (χ4v) is 9.54. The zero-order valence-electron chi connectivity index (χ0n) is 49.0. The minimum absolute atomic E-state index is 0.181. The predicted octanol–water partition coefficient (Wildman–Crippen LogP) is 18.4. The first kappa shape index (κ1) is 64.7. The Hall–Kier alpha value is -11.7. The number of aldehydes is 2. The van der Waals surface area contributed by atoms with Crippen LogP contribution < -0.4 is 18.9 Å². The lowest BCUT2D eigenvalue weighted by molar-refractivity contribution is -0.120. The molecule has 13 rings (SSSR count). The Labute approximate surface area is 536 Å². The van der Waals surface area contributed by atoms with Crippen LogP contribution in [0.25, 0.3) is 55.2 Å². The molecule has 4 N–H and O–H groups in total. The molecule has 0 bridgehead atoms. The van der Waals surface area contributed by atoms with Crippen molar-refractivity contribution < 1.29 is 72.9 Å². The third kappa shape index (κ3) is 18.9. The van der Waals surface area contributed by atoms with Gasteiger partial charge in [-0.2, -0.15) is 0 Å².